The van der Waals surface area contributed by atoms with Gasteiger partial charge in [0.15, 0.2) is 0 Å². The normalized spacial score (nSPS) is 15.6. The van der Waals surface area contributed by atoms with E-state index in [1.54, 1.807) is 7.11 Å². The Bertz CT molecular complexity index is 498. The van der Waals surface area contributed by atoms with Gasteiger partial charge in [-0.15, -0.1) is 0 Å². The Balaban J connectivity index is 2.25. The summed E-state index contributed by atoms with van der Waals surface area (Å²) in [5, 5.41) is 3.12. The zero-order valence-corrected chi connectivity index (χ0v) is 13.5. The number of ether oxygens (including phenoxy) is 1. The molecular weight excluding hydrogens is 264 g/mol. The van der Waals surface area contributed by atoms with Crippen molar-refractivity contribution in [2.75, 3.05) is 32.6 Å². The minimum absolute atomic E-state index is 0.0968. The molecule has 1 N–H and O–H groups in total. The lowest BCUT2D eigenvalue weighted by atomic mass is 10.1. The van der Waals surface area contributed by atoms with Gasteiger partial charge < -0.3 is 15.0 Å². The minimum atomic E-state index is 0.0968. The SMILES string of the molecule is CNc1ccc(C)cc1C(=O)N(CCOC)C(C)C1CC1. The molecule has 1 aromatic carbocycles. The molecule has 1 fully saturated rings. The molecule has 1 aromatic rings. The number of carbonyl (C=O) groups is 1. The molecule has 1 unspecified atom stereocenters. The number of rotatable bonds is 7. The number of nitrogens with one attached hydrogen (secondary N) is 1. The van der Waals surface area contributed by atoms with E-state index < -0.39 is 0 Å². The fourth-order valence-electron chi connectivity index (χ4n) is 2.72. The lowest BCUT2D eigenvalue weighted by molar-refractivity contribution is 0.0595. The third kappa shape index (κ3) is 3.76. The van der Waals surface area contributed by atoms with Gasteiger partial charge in [0.1, 0.15) is 0 Å². The molecule has 2 rings (SSSR count). The molecular formula is C17H26N2O2. The molecule has 1 atom stereocenters. The van der Waals surface area contributed by atoms with Crippen molar-refractivity contribution in [2.45, 2.75) is 32.7 Å². The molecule has 0 aromatic heterocycles. The molecule has 0 aliphatic heterocycles. The topological polar surface area (TPSA) is 41.6 Å². The number of aryl methyl sites for hydroxylation is 1. The highest BCUT2D eigenvalue weighted by atomic mass is 16.5. The highest BCUT2D eigenvalue weighted by Crippen LogP contribution is 2.36. The van der Waals surface area contributed by atoms with Crippen LogP contribution in [-0.4, -0.2) is 44.2 Å². The lowest BCUT2D eigenvalue weighted by Crippen LogP contribution is -2.42. The van der Waals surface area contributed by atoms with Gasteiger partial charge >= 0.3 is 0 Å². The molecule has 0 heterocycles. The average Bonchev–Trinajstić information content (AvgIpc) is 3.31. The number of hydrogen-bond acceptors (Lipinski definition) is 3. The number of benzene rings is 1. The molecule has 0 spiro atoms. The summed E-state index contributed by atoms with van der Waals surface area (Å²) in [5.74, 6) is 0.744. The van der Waals surface area contributed by atoms with Gasteiger partial charge in [0.2, 0.25) is 0 Å². The summed E-state index contributed by atoms with van der Waals surface area (Å²) in [6.45, 7) is 5.38. The van der Waals surface area contributed by atoms with Crippen LogP contribution in [0.2, 0.25) is 0 Å². The fraction of sp³-hybridized carbons (Fsp3) is 0.588. The van der Waals surface area contributed by atoms with Crippen molar-refractivity contribution in [1.82, 2.24) is 4.90 Å². The van der Waals surface area contributed by atoms with Crippen molar-refractivity contribution in [1.29, 1.82) is 0 Å². The van der Waals surface area contributed by atoms with Crippen LogP contribution in [0.1, 0.15) is 35.7 Å². The molecule has 21 heavy (non-hydrogen) atoms. The van der Waals surface area contributed by atoms with Gasteiger partial charge in [-0.1, -0.05) is 11.6 Å². The van der Waals surface area contributed by atoms with Gasteiger partial charge in [0.05, 0.1) is 12.2 Å². The maximum Gasteiger partial charge on any atom is 0.256 e. The molecule has 4 heteroatoms. The molecule has 4 nitrogen and oxygen atoms in total. The van der Waals surface area contributed by atoms with E-state index in [9.17, 15) is 4.79 Å². The van der Waals surface area contributed by atoms with E-state index in [0.717, 1.165) is 16.8 Å². The first-order valence-corrected chi connectivity index (χ1v) is 7.66. The van der Waals surface area contributed by atoms with Gasteiger partial charge in [0, 0.05) is 32.4 Å². The number of anilines is 1. The molecule has 1 aliphatic carbocycles. The van der Waals surface area contributed by atoms with Gasteiger partial charge in [0.25, 0.3) is 5.91 Å². The van der Waals surface area contributed by atoms with E-state index in [2.05, 4.69) is 12.2 Å². The minimum Gasteiger partial charge on any atom is -0.387 e. The Morgan fingerprint density at radius 1 is 1.48 bits per heavy atom. The third-order valence-corrected chi connectivity index (χ3v) is 4.27. The molecule has 0 bridgehead atoms. The van der Waals surface area contributed by atoms with Gasteiger partial charge in [-0.25, -0.2) is 0 Å². The van der Waals surface area contributed by atoms with E-state index in [-0.39, 0.29) is 11.9 Å². The second-order valence-corrected chi connectivity index (χ2v) is 5.87. The molecule has 116 valence electrons. The Morgan fingerprint density at radius 2 is 2.19 bits per heavy atom. The van der Waals surface area contributed by atoms with Crippen LogP contribution in [0.5, 0.6) is 0 Å². The Morgan fingerprint density at radius 3 is 2.76 bits per heavy atom. The van der Waals surface area contributed by atoms with Crippen molar-refractivity contribution in [3.8, 4) is 0 Å². The van der Waals surface area contributed by atoms with Crippen LogP contribution in [0.15, 0.2) is 18.2 Å². The predicted molar refractivity (Wildman–Crippen MR) is 85.8 cm³/mol. The molecule has 0 radical (unpaired) electrons. The highest BCUT2D eigenvalue weighted by molar-refractivity contribution is 6.00. The summed E-state index contributed by atoms with van der Waals surface area (Å²) in [7, 11) is 3.53. The van der Waals surface area contributed by atoms with Crippen LogP contribution in [0.4, 0.5) is 5.69 Å². The van der Waals surface area contributed by atoms with Gasteiger partial charge in [-0.2, -0.15) is 0 Å². The molecule has 0 saturated heterocycles. The largest absolute Gasteiger partial charge is 0.387 e. The summed E-state index contributed by atoms with van der Waals surface area (Å²) < 4.78 is 5.18. The molecule has 1 amide bonds. The standard InChI is InChI=1S/C17H26N2O2/c1-12-5-8-16(18-3)15(11-12)17(20)19(9-10-21-4)13(2)14-6-7-14/h5,8,11,13-14,18H,6-7,9-10H2,1-4H3. The fourth-order valence-corrected chi connectivity index (χ4v) is 2.72. The van der Waals surface area contributed by atoms with Crippen molar-refractivity contribution < 1.29 is 9.53 Å². The Labute approximate surface area is 127 Å². The van der Waals surface area contributed by atoms with E-state index in [4.69, 9.17) is 4.74 Å². The maximum atomic E-state index is 13.0. The first kappa shape index (κ1) is 15.8. The maximum absolute atomic E-state index is 13.0. The summed E-state index contributed by atoms with van der Waals surface area (Å²) in [6, 6.07) is 6.23. The predicted octanol–water partition coefficient (Wildman–Crippen LogP) is 2.92. The van der Waals surface area contributed by atoms with Gasteiger partial charge in [-0.05, 0) is 44.7 Å². The second-order valence-electron chi connectivity index (χ2n) is 5.87. The zero-order chi connectivity index (χ0) is 15.4. The van der Waals surface area contributed by atoms with Gasteiger partial charge in [-0.3, -0.25) is 4.79 Å². The number of carbonyl (C=O) groups excluding carboxylic acids is 1. The van der Waals surface area contributed by atoms with Crippen molar-refractivity contribution in [3.63, 3.8) is 0 Å². The number of hydrogen-bond donors (Lipinski definition) is 1. The molecule has 1 aliphatic rings. The van der Waals surface area contributed by atoms with E-state index in [0.29, 0.717) is 19.1 Å². The smallest absolute Gasteiger partial charge is 0.256 e. The first-order chi connectivity index (χ1) is 10.1. The van der Waals surface area contributed by atoms with Crippen LogP contribution in [0, 0.1) is 12.8 Å². The molecule has 1 saturated carbocycles. The summed E-state index contributed by atoms with van der Waals surface area (Å²) >= 11 is 0. The van der Waals surface area contributed by atoms with Crippen molar-refractivity contribution >= 4 is 11.6 Å². The van der Waals surface area contributed by atoms with Crippen LogP contribution in [0.3, 0.4) is 0 Å². The number of methoxy groups -OCH3 is 1. The summed E-state index contributed by atoms with van der Waals surface area (Å²) in [6.07, 6.45) is 2.45. The first-order valence-electron chi connectivity index (χ1n) is 7.66. The number of nitrogens with zero attached hydrogens (tertiary/aromatic N) is 1. The van der Waals surface area contributed by atoms with Crippen molar-refractivity contribution in [3.05, 3.63) is 29.3 Å². The van der Waals surface area contributed by atoms with Crippen LogP contribution >= 0.6 is 0 Å². The lowest BCUT2D eigenvalue weighted by Gasteiger charge is -2.30. The number of amides is 1. The quantitative estimate of drug-likeness (QED) is 0.839. The van der Waals surface area contributed by atoms with Crippen LogP contribution in [-0.2, 0) is 4.74 Å². The van der Waals surface area contributed by atoms with Crippen LogP contribution in [0.25, 0.3) is 0 Å². The Kier molecular flexibility index (Phi) is 5.23. The summed E-state index contributed by atoms with van der Waals surface area (Å²) in [4.78, 5) is 15.0. The monoisotopic (exact) mass is 290 g/mol. The highest BCUT2D eigenvalue weighted by Gasteiger charge is 2.34. The zero-order valence-electron chi connectivity index (χ0n) is 13.5. The van der Waals surface area contributed by atoms with Crippen molar-refractivity contribution in [2.24, 2.45) is 5.92 Å². The summed E-state index contributed by atoms with van der Waals surface area (Å²) in [5.41, 5.74) is 2.74. The average molecular weight is 290 g/mol. The van der Waals surface area contributed by atoms with Crippen LogP contribution < -0.4 is 5.32 Å². The third-order valence-electron chi connectivity index (χ3n) is 4.27. The van der Waals surface area contributed by atoms with E-state index in [1.807, 2.05) is 37.1 Å². The van der Waals surface area contributed by atoms with E-state index in [1.165, 1.54) is 12.8 Å². The van der Waals surface area contributed by atoms with E-state index >= 15 is 0 Å². The second kappa shape index (κ2) is 6.94. The Hall–Kier alpha value is -1.55.